The fourth-order valence-corrected chi connectivity index (χ4v) is 2.03. The van der Waals surface area contributed by atoms with Crippen LogP contribution in [0, 0.1) is 0 Å². The number of carbonyl (C=O) groups is 4. The zero-order chi connectivity index (χ0) is 17.1. The second-order valence-electron chi connectivity index (χ2n) is 4.44. The van der Waals surface area contributed by atoms with Crippen molar-refractivity contribution in [2.45, 2.75) is 31.3 Å². The molecule has 0 aliphatic rings. The average Bonchev–Trinajstić information content (AvgIpc) is 2.46. The predicted octanol–water partition coefficient (Wildman–Crippen LogP) is -1.38. The van der Waals surface area contributed by atoms with E-state index >= 15 is 0 Å². The van der Waals surface area contributed by atoms with Crippen molar-refractivity contribution in [2.75, 3.05) is 18.6 Å². The largest absolute Gasteiger partial charge is 0.481 e. The maximum Gasteiger partial charge on any atom is 0.326 e. The number of hydrogen-bond donors (Lipinski definition) is 5. The van der Waals surface area contributed by atoms with Gasteiger partial charge in [-0.3, -0.25) is 14.4 Å². The molecule has 0 fully saturated rings. The lowest BCUT2D eigenvalue weighted by atomic mass is 10.1. The molecule has 0 aliphatic heterocycles. The van der Waals surface area contributed by atoms with Gasteiger partial charge < -0.3 is 26.6 Å². The van der Waals surface area contributed by atoms with E-state index in [1.807, 2.05) is 0 Å². The molecule has 0 aromatic heterocycles. The third-order valence-corrected chi connectivity index (χ3v) is 3.35. The Morgan fingerprint density at radius 1 is 1.09 bits per heavy atom. The van der Waals surface area contributed by atoms with E-state index in [-0.39, 0.29) is 25.8 Å². The molecule has 22 heavy (non-hydrogen) atoms. The van der Waals surface area contributed by atoms with Crippen molar-refractivity contribution in [3.8, 4) is 0 Å². The Labute approximate surface area is 132 Å². The van der Waals surface area contributed by atoms with Gasteiger partial charge >= 0.3 is 11.9 Å². The maximum absolute atomic E-state index is 12.1. The Kier molecular flexibility index (Phi) is 9.96. The molecule has 0 bridgehead atoms. The second kappa shape index (κ2) is 10.9. The van der Waals surface area contributed by atoms with Gasteiger partial charge in [0.05, 0.1) is 6.54 Å². The van der Waals surface area contributed by atoms with Crippen molar-refractivity contribution in [1.82, 2.24) is 10.6 Å². The molecule has 2 amide bonds. The van der Waals surface area contributed by atoms with Crippen LogP contribution in [0.15, 0.2) is 0 Å². The van der Waals surface area contributed by atoms with Crippen LogP contribution in [0.1, 0.15) is 19.3 Å². The summed E-state index contributed by atoms with van der Waals surface area (Å²) in [5.41, 5.74) is 5.13. The van der Waals surface area contributed by atoms with Gasteiger partial charge in [-0.05, 0) is 24.9 Å². The molecule has 0 saturated heterocycles. The summed E-state index contributed by atoms with van der Waals surface area (Å²) in [6.07, 6.45) is 1.53. The van der Waals surface area contributed by atoms with Gasteiger partial charge in [-0.1, -0.05) is 0 Å². The predicted molar refractivity (Wildman–Crippen MR) is 80.4 cm³/mol. The molecule has 10 heteroatoms. The number of carboxylic acid groups (broad SMARTS) is 2. The zero-order valence-electron chi connectivity index (χ0n) is 12.2. The van der Waals surface area contributed by atoms with Gasteiger partial charge in [0.1, 0.15) is 12.1 Å². The molecule has 2 atom stereocenters. The Morgan fingerprint density at radius 3 is 2.18 bits per heavy atom. The van der Waals surface area contributed by atoms with Crippen molar-refractivity contribution in [2.24, 2.45) is 5.73 Å². The SMILES string of the molecule is CSCC[C@H](NC(=O)[C@H](CCC(=O)O)NC(=O)CN)C(=O)O. The topological polar surface area (TPSA) is 159 Å². The van der Waals surface area contributed by atoms with Gasteiger partial charge in [-0.25, -0.2) is 4.79 Å². The summed E-state index contributed by atoms with van der Waals surface area (Å²) in [4.78, 5) is 45.0. The first-order valence-corrected chi connectivity index (χ1v) is 7.94. The Bertz CT molecular complexity index is 418. The normalized spacial score (nSPS) is 13.0. The van der Waals surface area contributed by atoms with Crippen molar-refractivity contribution >= 4 is 35.5 Å². The van der Waals surface area contributed by atoms with Crippen LogP contribution in [0.5, 0.6) is 0 Å². The molecule has 9 nitrogen and oxygen atoms in total. The molecular formula is C12H21N3O6S. The smallest absolute Gasteiger partial charge is 0.326 e. The van der Waals surface area contributed by atoms with E-state index < -0.39 is 35.8 Å². The van der Waals surface area contributed by atoms with E-state index in [1.165, 1.54) is 11.8 Å². The zero-order valence-corrected chi connectivity index (χ0v) is 13.0. The quantitative estimate of drug-likeness (QED) is 0.309. The van der Waals surface area contributed by atoms with Crippen LogP contribution >= 0.6 is 11.8 Å². The van der Waals surface area contributed by atoms with Gasteiger partial charge in [-0.15, -0.1) is 0 Å². The lowest BCUT2D eigenvalue weighted by Gasteiger charge is -2.20. The van der Waals surface area contributed by atoms with E-state index in [1.54, 1.807) is 6.26 Å². The molecule has 6 N–H and O–H groups in total. The van der Waals surface area contributed by atoms with Gasteiger partial charge in [0.2, 0.25) is 11.8 Å². The summed E-state index contributed by atoms with van der Waals surface area (Å²) < 4.78 is 0. The number of carboxylic acids is 2. The van der Waals surface area contributed by atoms with E-state index in [0.29, 0.717) is 5.75 Å². The van der Waals surface area contributed by atoms with E-state index in [4.69, 9.17) is 15.9 Å². The monoisotopic (exact) mass is 335 g/mol. The summed E-state index contributed by atoms with van der Waals surface area (Å²) in [5, 5.41) is 22.3. The van der Waals surface area contributed by atoms with E-state index in [9.17, 15) is 19.2 Å². The average molecular weight is 335 g/mol. The van der Waals surface area contributed by atoms with Gasteiger partial charge in [-0.2, -0.15) is 11.8 Å². The van der Waals surface area contributed by atoms with Crippen molar-refractivity contribution in [3.05, 3.63) is 0 Å². The summed E-state index contributed by atoms with van der Waals surface area (Å²) in [5.74, 6) is -3.15. The molecule has 0 radical (unpaired) electrons. The van der Waals surface area contributed by atoms with E-state index in [0.717, 1.165) is 0 Å². The fraction of sp³-hybridized carbons (Fsp3) is 0.667. The van der Waals surface area contributed by atoms with Crippen LogP contribution in [0.4, 0.5) is 0 Å². The number of aliphatic carboxylic acids is 2. The number of thioether (sulfide) groups is 1. The minimum absolute atomic E-state index is 0.151. The summed E-state index contributed by atoms with van der Waals surface area (Å²) in [6.45, 7) is -0.355. The standard InChI is InChI=1S/C12H21N3O6S/c1-22-5-4-8(12(20)21)15-11(19)7(2-3-10(17)18)14-9(16)6-13/h7-8H,2-6,13H2,1H3,(H,14,16)(H,15,19)(H,17,18)(H,20,21)/t7-,8-/m0/s1. The molecule has 126 valence electrons. The van der Waals surface area contributed by atoms with Crippen LogP contribution in [0.3, 0.4) is 0 Å². The lowest BCUT2D eigenvalue weighted by Crippen LogP contribution is -2.52. The number of nitrogens with one attached hydrogen (secondary N) is 2. The highest BCUT2D eigenvalue weighted by atomic mass is 32.2. The van der Waals surface area contributed by atoms with Crippen molar-refractivity contribution in [1.29, 1.82) is 0 Å². The first-order valence-electron chi connectivity index (χ1n) is 6.55. The lowest BCUT2D eigenvalue weighted by molar-refractivity contribution is -0.143. The molecule has 0 aromatic carbocycles. The first-order chi connectivity index (χ1) is 10.3. The molecule has 0 unspecified atom stereocenters. The van der Waals surface area contributed by atoms with Crippen molar-refractivity contribution in [3.63, 3.8) is 0 Å². The van der Waals surface area contributed by atoms with Crippen LogP contribution < -0.4 is 16.4 Å². The molecular weight excluding hydrogens is 314 g/mol. The minimum Gasteiger partial charge on any atom is -0.481 e. The molecule has 0 rings (SSSR count). The highest BCUT2D eigenvalue weighted by Gasteiger charge is 2.26. The number of amides is 2. The second-order valence-corrected chi connectivity index (χ2v) is 5.42. The molecule has 0 saturated carbocycles. The maximum atomic E-state index is 12.1. The van der Waals surface area contributed by atoms with Crippen LogP contribution in [-0.2, 0) is 19.2 Å². The molecule has 0 aromatic rings. The highest BCUT2D eigenvalue weighted by molar-refractivity contribution is 7.98. The van der Waals surface area contributed by atoms with Gasteiger partial charge in [0.15, 0.2) is 0 Å². The summed E-state index contributed by atoms with van der Waals surface area (Å²) in [7, 11) is 0. The Hall–Kier alpha value is -1.81. The van der Waals surface area contributed by atoms with Crippen molar-refractivity contribution < 1.29 is 29.4 Å². The number of hydrogen-bond acceptors (Lipinski definition) is 6. The van der Waals surface area contributed by atoms with Gasteiger partial charge in [0.25, 0.3) is 0 Å². The fourth-order valence-electron chi connectivity index (χ4n) is 1.56. The van der Waals surface area contributed by atoms with E-state index in [2.05, 4.69) is 10.6 Å². The van der Waals surface area contributed by atoms with Crippen LogP contribution in [0.2, 0.25) is 0 Å². The molecule has 0 spiro atoms. The van der Waals surface area contributed by atoms with Crippen LogP contribution in [0.25, 0.3) is 0 Å². The highest BCUT2D eigenvalue weighted by Crippen LogP contribution is 2.04. The number of nitrogens with two attached hydrogens (primary N) is 1. The molecule has 0 aliphatic carbocycles. The Balaban J connectivity index is 4.79. The van der Waals surface area contributed by atoms with Crippen LogP contribution in [-0.4, -0.2) is 64.6 Å². The minimum atomic E-state index is -1.19. The number of carbonyl (C=O) groups excluding carboxylic acids is 2. The number of rotatable bonds is 11. The summed E-state index contributed by atoms with van der Waals surface area (Å²) in [6, 6.07) is -2.23. The molecule has 0 heterocycles. The third kappa shape index (κ3) is 8.47. The van der Waals surface area contributed by atoms with Gasteiger partial charge in [0, 0.05) is 6.42 Å². The first kappa shape index (κ1) is 20.2. The Morgan fingerprint density at radius 2 is 1.73 bits per heavy atom. The third-order valence-electron chi connectivity index (χ3n) is 2.71. The summed E-state index contributed by atoms with van der Waals surface area (Å²) >= 11 is 1.43.